The molecule has 2 aromatic heterocycles. The van der Waals surface area contributed by atoms with Gasteiger partial charge in [0.05, 0.1) is 29.8 Å². The number of benzene rings is 1. The largest absolute Gasteiger partial charge is 0.496 e. The molecule has 50 heavy (non-hydrogen) atoms. The number of allylic oxidation sites excluding steroid dienone is 1. The van der Waals surface area contributed by atoms with Gasteiger partial charge < -0.3 is 24.6 Å². The number of urea groups is 1. The summed E-state index contributed by atoms with van der Waals surface area (Å²) in [5.74, 6) is -0.307. The number of amides is 4. The first-order valence-corrected chi connectivity index (χ1v) is 18.5. The SMILES string of the molecule is COc1ccc2c(OC3CC4C(=O)NC5(C(=O)NS(=O)(=O)C6CC6)CC5C=CCCCCN(C)C(=O)N4C3)nc(-c3ccncc3)nc2c1C. The van der Waals surface area contributed by atoms with Crippen LogP contribution in [0.3, 0.4) is 0 Å². The van der Waals surface area contributed by atoms with Crippen molar-refractivity contribution in [3.63, 3.8) is 0 Å². The highest BCUT2D eigenvalue weighted by molar-refractivity contribution is 7.91. The lowest BCUT2D eigenvalue weighted by molar-refractivity contribution is -0.131. The zero-order chi connectivity index (χ0) is 35.2. The smallest absolute Gasteiger partial charge is 0.320 e. The predicted octanol–water partition coefficient (Wildman–Crippen LogP) is 3.11. The maximum Gasteiger partial charge on any atom is 0.320 e. The minimum absolute atomic E-state index is 0.0884. The number of aryl methyl sites for hydroxylation is 1. The van der Waals surface area contributed by atoms with Crippen molar-refractivity contribution in [3.8, 4) is 23.0 Å². The van der Waals surface area contributed by atoms with Crippen molar-refractivity contribution < 1.29 is 32.3 Å². The highest BCUT2D eigenvalue weighted by atomic mass is 32.2. The van der Waals surface area contributed by atoms with Gasteiger partial charge in [-0.05, 0) is 69.7 Å². The molecule has 14 nitrogen and oxygen atoms in total. The molecule has 3 aromatic rings. The number of hydrogen-bond donors (Lipinski definition) is 2. The molecule has 2 N–H and O–H groups in total. The Balaban J connectivity index is 1.21. The van der Waals surface area contributed by atoms with Crippen molar-refractivity contribution in [2.24, 2.45) is 5.92 Å². The number of sulfonamides is 1. The molecule has 264 valence electrons. The standard InChI is InChI=1S/C35H41N7O7S/c1-21-28(48-3)12-11-26-29(21)37-30(22-13-15-36-16-14-22)38-32(26)49-24-18-27-31(43)39-35(33(44)40-50(46,47)25-9-10-25)19-23(35)8-6-4-5-7-17-41(2)34(45)42(27)20-24/h6,8,11-16,23-25,27H,4-5,7,9-10,17-20H2,1-3H3,(H,39,43)(H,40,44). The van der Waals surface area contributed by atoms with Crippen molar-refractivity contribution in [2.75, 3.05) is 27.2 Å². The van der Waals surface area contributed by atoms with Crippen LogP contribution >= 0.6 is 0 Å². The highest BCUT2D eigenvalue weighted by Gasteiger charge is 2.62. The van der Waals surface area contributed by atoms with Gasteiger partial charge in [0.2, 0.25) is 21.8 Å². The molecule has 2 aliphatic heterocycles. The van der Waals surface area contributed by atoms with Gasteiger partial charge in [-0.2, -0.15) is 4.98 Å². The topological polar surface area (TPSA) is 173 Å². The van der Waals surface area contributed by atoms with Gasteiger partial charge >= 0.3 is 6.03 Å². The van der Waals surface area contributed by atoms with E-state index < -0.39 is 44.8 Å². The number of hydrogen-bond acceptors (Lipinski definition) is 10. The van der Waals surface area contributed by atoms with Crippen LogP contribution in [0.2, 0.25) is 0 Å². The molecule has 15 heteroatoms. The minimum Gasteiger partial charge on any atom is -0.496 e. The van der Waals surface area contributed by atoms with E-state index in [1.54, 1.807) is 43.6 Å². The Morgan fingerprint density at radius 2 is 1.88 bits per heavy atom. The summed E-state index contributed by atoms with van der Waals surface area (Å²) >= 11 is 0. The number of carbonyl (C=O) groups excluding carboxylic acids is 3. The van der Waals surface area contributed by atoms with E-state index >= 15 is 0 Å². The lowest BCUT2D eigenvalue weighted by atomic mass is 10.1. The first kappa shape index (κ1) is 33.7. The Bertz CT molecular complexity index is 1970. The van der Waals surface area contributed by atoms with Crippen LogP contribution in [0.4, 0.5) is 4.79 Å². The Kier molecular flexibility index (Phi) is 8.87. The van der Waals surface area contributed by atoms with Crippen LogP contribution in [-0.2, 0) is 19.6 Å². The molecule has 4 aliphatic rings. The van der Waals surface area contributed by atoms with Crippen molar-refractivity contribution in [2.45, 2.75) is 74.8 Å². The molecule has 2 aliphatic carbocycles. The van der Waals surface area contributed by atoms with Gasteiger partial charge in [0.1, 0.15) is 23.4 Å². The summed E-state index contributed by atoms with van der Waals surface area (Å²) in [5.41, 5.74) is 0.729. The van der Waals surface area contributed by atoms with Crippen LogP contribution in [0.25, 0.3) is 22.3 Å². The summed E-state index contributed by atoms with van der Waals surface area (Å²) in [5, 5.41) is 2.94. The molecular formula is C35H41N7O7S. The third-order valence-electron chi connectivity index (χ3n) is 10.1. The summed E-state index contributed by atoms with van der Waals surface area (Å²) in [6.07, 6.45) is 10.2. The van der Waals surface area contributed by atoms with Crippen LogP contribution in [0.5, 0.6) is 11.6 Å². The van der Waals surface area contributed by atoms with Gasteiger partial charge in [-0.1, -0.05) is 12.2 Å². The second-order valence-electron chi connectivity index (χ2n) is 13.6. The van der Waals surface area contributed by atoms with Gasteiger partial charge in [0, 0.05) is 49.5 Å². The number of nitrogens with zero attached hydrogens (tertiary/aromatic N) is 5. The van der Waals surface area contributed by atoms with Gasteiger partial charge in [-0.15, -0.1) is 0 Å². The number of pyridine rings is 1. The number of fused-ring (bicyclic) bond motifs is 3. The normalized spacial score (nSPS) is 25.7. The summed E-state index contributed by atoms with van der Waals surface area (Å²) in [4.78, 5) is 58.4. The molecule has 0 bridgehead atoms. The van der Waals surface area contributed by atoms with E-state index in [4.69, 9.17) is 19.4 Å². The van der Waals surface area contributed by atoms with Crippen LogP contribution in [-0.4, -0.2) is 101 Å². The second kappa shape index (κ2) is 13.2. The van der Waals surface area contributed by atoms with E-state index in [1.807, 2.05) is 31.2 Å². The lowest BCUT2D eigenvalue weighted by Crippen LogP contribution is -2.57. The third kappa shape index (κ3) is 6.45. The molecule has 1 saturated heterocycles. The molecule has 4 amide bonds. The van der Waals surface area contributed by atoms with Crippen LogP contribution in [0, 0.1) is 12.8 Å². The first-order chi connectivity index (χ1) is 24.0. The number of aromatic nitrogens is 3. The maximum atomic E-state index is 14.2. The van der Waals surface area contributed by atoms with Gasteiger partial charge in [-0.3, -0.25) is 19.3 Å². The average Bonchev–Trinajstić information content (AvgIpc) is 4.03. The van der Waals surface area contributed by atoms with Crippen molar-refractivity contribution >= 4 is 38.8 Å². The third-order valence-corrected chi connectivity index (χ3v) is 11.9. The fraction of sp³-hybridized carbons (Fsp3) is 0.486. The monoisotopic (exact) mass is 703 g/mol. The molecule has 4 atom stereocenters. The molecule has 0 radical (unpaired) electrons. The Morgan fingerprint density at radius 1 is 1.10 bits per heavy atom. The Morgan fingerprint density at radius 3 is 2.62 bits per heavy atom. The van der Waals surface area contributed by atoms with E-state index in [2.05, 4.69) is 15.0 Å². The zero-order valence-electron chi connectivity index (χ0n) is 28.3. The van der Waals surface area contributed by atoms with Gasteiger partial charge in [-0.25, -0.2) is 18.2 Å². The van der Waals surface area contributed by atoms with Crippen LogP contribution in [0.15, 0.2) is 48.8 Å². The molecular weight excluding hydrogens is 662 g/mol. The number of rotatable bonds is 7. The van der Waals surface area contributed by atoms with Gasteiger partial charge in [0.25, 0.3) is 5.91 Å². The predicted molar refractivity (Wildman–Crippen MR) is 184 cm³/mol. The van der Waals surface area contributed by atoms with Crippen LogP contribution < -0.4 is 19.5 Å². The Labute approximate surface area is 290 Å². The quantitative estimate of drug-likeness (QED) is 0.348. The summed E-state index contributed by atoms with van der Waals surface area (Å²) in [7, 11) is -0.546. The number of carbonyl (C=O) groups is 3. The Hall–Kier alpha value is -4.79. The van der Waals surface area contributed by atoms with Gasteiger partial charge in [0.15, 0.2) is 5.82 Å². The average molecular weight is 704 g/mol. The van der Waals surface area contributed by atoms with E-state index in [0.717, 1.165) is 30.4 Å². The number of nitrogens with one attached hydrogen (secondary N) is 2. The molecule has 1 aromatic carbocycles. The first-order valence-electron chi connectivity index (χ1n) is 17.0. The summed E-state index contributed by atoms with van der Waals surface area (Å²) < 4.78 is 39.8. The molecule has 3 fully saturated rings. The van der Waals surface area contributed by atoms with E-state index in [0.29, 0.717) is 47.7 Å². The van der Waals surface area contributed by atoms with E-state index in [9.17, 15) is 22.8 Å². The highest BCUT2D eigenvalue weighted by Crippen LogP contribution is 2.46. The summed E-state index contributed by atoms with van der Waals surface area (Å²) in [6, 6.07) is 5.91. The van der Waals surface area contributed by atoms with Crippen molar-refractivity contribution in [1.82, 2.24) is 34.8 Å². The van der Waals surface area contributed by atoms with Crippen molar-refractivity contribution in [3.05, 3.63) is 54.4 Å². The van der Waals surface area contributed by atoms with Crippen molar-refractivity contribution in [1.29, 1.82) is 0 Å². The molecule has 2 saturated carbocycles. The fourth-order valence-corrected chi connectivity index (χ4v) is 8.24. The zero-order valence-corrected chi connectivity index (χ0v) is 29.1. The van der Waals surface area contributed by atoms with E-state index in [1.165, 1.54) is 4.90 Å². The lowest BCUT2D eigenvalue weighted by Gasteiger charge is -2.30. The second-order valence-corrected chi connectivity index (χ2v) is 15.6. The summed E-state index contributed by atoms with van der Waals surface area (Å²) in [6.45, 7) is 2.50. The number of methoxy groups -OCH3 is 1. The molecule has 4 unspecified atom stereocenters. The van der Waals surface area contributed by atoms with Crippen LogP contribution in [0.1, 0.15) is 50.5 Å². The molecule has 4 heterocycles. The number of ether oxygens (including phenoxy) is 2. The van der Waals surface area contributed by atoms with E-state index in [-0.39, 0.29) is 31.3 Å². The fourth-order valence-electron chi connectivity index (χ4n) is 6.88. The maximum absolute atomic E-state index is 14.2. The molecule has 0 spiro atoms. The minimum atomic E-state index is -3.84. The molecule has 7 rings (SSSR count).